The molecule has 0 saturated heterocycles. The predicted octanol–water partition coefficient (Wildman–Crippen LogP) is 3.16. The number of rotatable bonds is 3. The first-order chi connectivity index (χ1) is 8.65. The van der Waals surface area contributed by atoms with Crippen LogP contribution in [-0.4, -0.2) is 16.2 Å². The van der Waals surface area contributed by atoms with E-state index in [1.807, 2.05) is 36.4 Å². The van der Waals surface area contributed by atoms with Gasteiger partial charge in [0, 0.05) is 6.08 Å². The Labute approximate surface area is 105 Å². The van der Waals surface area contributed by atoms with Crippen LogP contribution in [0.2, 0.25) is 0 Å². The molecule has 0 fully saturated rings. The Balaban J connectivity index is 2.22. The highest BCUT2D eigenvalue weighted by Crippen LogP contribution is 2.22. The summed E-state index contributed by atoms with van der Waals surface area (Å²) < 4.78 is 0. The molecule has 90 valence electrons. The van der Waals surface area contributed by atoms with Gasteiger partial charge in [0.2, 0.25) is 0 Å². The van der Waals surface area contributed by atoms with Crippen molar-refractivity contribution in [3.8, 4) is 16.9 Å². The molecular weight excluding hydrogens is 228 g/mol. The van der Waals surface area contributed by atoms with Gasteiger partial charge in [-0.2, -0.15) is 0 Å². The summed E-state index contributed by atoms with van der Waals surface area (Å²) in [7, 11) is 0. The molecule has 0 radical (unpaired) electrons. The van der Waals surface area contributed by atoms with Crippen LogP contribution in [0.1, 0.15) is 5.56 Å². The SMILES string of the molecule is O=C(O)/C=C/c1ccc(-c2ccc(O)cc2)cc1. The number of phenols is 1. The minimum atomic E-state index is -0.961. The van der Waals surface area contributed by atoms with Crippen LogP contribution in [0.5, 0.6) is 5.75 Å². The van der Waals surface area contributed by atoms with Crippen molar-refractivity contribution in [2.45, 2.75) is 0 Å². The van der Waals surface area contributed by atoms with E-state index in [-0.39, 0.29) is 5.75 Å². The molecule has 0 aromatic heterocycles. The van der Waals surface area contributed by atoms with E-state index < -0.39 is 5.97 Å². The first-order valence-corrected chi connectivity index (χ1v) is 5.45. The number of aliphatic carboxylic acids is 1. The Morgan fingerprint density at radius 1 is 0.889 bits per heavy atom. The fraction of sp³-hybridized carbons (Fsp3) is 0. The summed E-state index contributed by atoms with van der Waals surface area (Å²) in [4.78, 5) is 10.4. The van der Waals surface area contributed by atoms with Gasteiger partial charge in [-0.3, -0.25) is 0 Å². The van der Waals surface area contributed by atoms with Gasteiger partial charge in [-0.15, -0.1) is 0 Å². The maximum atomic E-state index is 10.4. The largest absolute Gasteiger partial charge is 0.508 e. The second kappa shape index (κ2) is 5.19. The van der Waals surface area contributed by atoms with E-state index in [0.717, 1.165) is 22.8 Å². The van der Waals surface area contributed by atoms with E-state index in [0.29, 0.717) is 0 Å². The van der Waals surface area contributed by atoms with Crippen LogP contribution < -0.4 is 0 Å². The molecular formula is C15H12O3. The van der Waals surface area contributed by atoms with E-state index in [9.17, 15) is 9.90 Å². The molecule has 18 heavy (non-hydrogen) atoms. The number of benzene rings is 2. The number of hydrogen-bond donors (Lipinski definition) is 2. The first kappa shape index (κ1) is 11.9. The molecule has 3 nitrogen and oxygen atoms in total. The third kappa shape index (κ3) is 2.98. The predicted molar refractivity (Wildman–Crippen MR) is 70.2 cm³/mol. The van der Waals surface area contributed by atoms with Crippen LogP contribution in [0.3, 0.4) is 0 Å². The number of carboxylic acids is 1. The third-order valence-corrected chi connectivity index (χ3v) is 2.53. The first-order valence-electron chi connectivity index (χ1n) is 5.45. The molecule has 0 aliphatic rings. The van der Waals surface area contributed by atoms with Crippen molar-refractivity contribution in [2.24, 2.45) is 0 Å². The van der Waals surface area contributed by atoms with Gasteiger partial charge < -0.3 is 10.2 Å². The number of hydrogen-bond acceptors (Lipinski definition) is 2. The second-order valence-corrected chi connectivity index (χ2v) is 3.84. The Bertz CT molecular complexity index is 566. The molecule has 0 heterocycles. The lowest BCUT2D eigenvalue weighted by atomic mass is 10.0. The molecule has 2 rings (SSSR count). The summed E-state index contributed by atoms with van der Waals surface area (Å²) in [6.07, 6.45) is 2.65. The van der Waals surface area contributed by atoms with E-state index in [1.165, 1.54) is 0 Å². The number of carbonyl (C=O) groups is 1. The monoisotopic (exact) mass is 240 g/mol. The Kier molecular flexibility index (Phi) is 3.44. The molecule has 0 bridgehead atoms. The highest BCUT2D eigenvalue weighted by Gasteiger charge is 1.97. The average Bonchev–Trinajstić information content (AvgIpc) is 2.38. The van der Waals surface area contributed by atoms with Gasteiger partial charge in [0.15, 0.2) is 0 Å². The summed E-state index contributed by atoms with van der Waals surface area (Å²) in [5.41, 5.74) is 2.85. The lowest BCUT2D eigenvalue weighted by Gasteiger charge is -2.02. The quantitative estimate of drug-likeness (QED) is 0.810. The Morgan fingerprint density at radius 2 is 1.39 bits per heavy atom. The molecule has 0 amide bonds. The van der Waals surface area contributed by atoms with Crippen LogP contribution in [0.15, 0.2) is 54.6 Å². The lowest BCUT2D eigenvalue weighted by molar-refractivity contribution is -0.131. The minimum absolute atomic E-state index is 0.236. The summed E-state index contributed by atoms with van der Waals surface area (Å²) >= 11 is 0. The molecule has 0 spiro atoms. The Morgan fingerprint density at radius 3 is 1.89 bits per heavy atom. The van der Waals surface area contributed by atoms with E-state index >= 15 is 0 Å². The second-order valence-electron chi connectivity index (χ2n) is 3.84. The highest BCUT2D eigenvalue weighted by molar-refractivity contribution is 5.85. The normalized spacial score (nSPS) is 10.7. The zero-order valence-corrected chi connectivity index (χ0v) is 9.58. The molecule has 2 aromatic carbocycles. The van der Waals surface area contributed by atoms with Crippen LogP contribution in [0.4, 0.5) is 0 Å². The summed E-state index contributed by atoms with van der Waals surface area (Å²) in [6.45, 7) is 0. The minimum Gasteiger partial charge on any atom is -0.508 e. The van der Waals surface area contributed by atoms with Crippen molar-refractivity contribution in [1.82, 2.24) is 0 Å². The van der Waals surface area contributed by atoms with Crippen molar-refractivity contribution in [3.63, 3.8) is 0 Å². The van der Waals surface area contributed by atoms with Crippen LogP contribution in [0, 0.1) is 0 Å². The fourth-order valence-electron chi connectivity index (χ4n) is 1.61. The van der Waals surface area contributed by atoms with Crippen LogP contribution >= 0.6 is 0 Å². The van der Waals surface area contributed by atoms with Crippen molar-refractivity contribution in [3.05, 3.63) is 60.2 Å². The average molecular weight is 240 g/mol. The van der Waals surface area contributed by atoms with Gasteiger partial charge in [0.1, 0.15) is 5.75 Å². The van der Waals surface area contributed by atoms with Gasteiger partial charge in [0.25, 0.3) is 0 Å². The standard InChI is InChI=1S/C15H12O3/c16-14-8-6-13(7-9-14)12-4-1-11(2-5-12)3-10-15(17)18/h1-10,16H,(H,17,18)/b10-3+. The van der Waals surface area contributed by atoms with Crippen LogP contribution in [0.25, 0.3) is 17.2 Å². The molecule has 0 unspecified atom stereocenters. The molecule has 3 heteroatoms. The van der Waals surface area contributed by atoms with Crippen molar-refractivity contribution in [1.29, 1.82) is 0 Å². The fourth-order valence-corrected chi connectivity index (χ4v) is 1.61. The van der Waals surface area contributed by atoms with Crippen LogP contribution in [-0.2, 0) is 4.79 Å². The smallest absolute Gasteiger partial charge is 0.328 e. The molecule has 0 aliphatic carbocycles. The topological polar surface area (TPSA) is 57.5 Å². The lowest BCUT2D eigenvalue weighted by Crippen LogP contribution is -1.85. The van der Waals surface area contributed by atoms with Crippen molar-refractivity contribution >= 4 is 12.0 Å². The summed E-state index contributed by atoms with van der Waals surface area (Å²) in [5.74, 6) is -0.725. The number of carboxylic acid groups (broad SMARTS) is 1. The zero-order valence-electron chi connectivity index (χ0n) is 9.58. The highest BCUT2D eigenvalue weighted by atomic mass is 16.4. The maximum absolute atomic E-state index is 10.4. The third-order valence-electron chi connectivity index (χ3n) is 2.53. The molecule has 0 aliphatic heterocycles. The van der Waals surface area contributed by atoms with E-state index in [2.05, 4.69) is 0 Å². The van der Waals surface area contributed by atoms with Gasteiger partial charge in [-0.05, 0) is 34.9 Å². The molecule has 0 atom stereocenters. The number of phenolic OH excluding ortho intramolecular Hbond substituents is 1. The van der Waals surface area contributed by atoms with Gasteiger partial charge in [0.05, 0.1) is 0 Å². The van der Waals surface area contributed by atoms with Crippen molar-refractivity contribution < 1.29 is 15.0 Å². The Hall–Kier alpha value is -2.55. The molecule has 0 saturated carbocycles. The van der Waals surface area contributed by atoms with E-state index in [1.54, 1.807) is 18.2 Å². The number of aromatic hydroxyl groups is 1. The molecule has 2 N–H and O–H groups in total. The molecule has 2 aromatic rings. The summed E-state index contributed by atoms with van der Waals surface area (Å²) in [5, 5.41) is 17.7. The van der Waals surface area contributed by atoms with Gasteiger partial charge in [-0.25, -0.2) is 4.79 Å². The van der Waals surface area contributed by atoms with Crippen molar-refractivity contribution in [2.75, 3.05) is 0 Å². The van der Waals surface area contributed by atoms with Gasteiger partial charge >= 0.3 is 5.97 Å². The van der Waals surface area contributed by atoms with E-state index in [4.69, 9.17) is 5.11 Å². The summed E-state index contributed by atoms with van der Waals surface area (Å²) in [6, 6.07) is 14.4. The zero-order chi connectivity index (χ0) is 13.0. The maximum Gasteiger partial charge on any atom is 0.328 e. The van der Waals surface area contributed by atoms with Gasteiger partial charge in [-0.1, -0.05) is 36.4 Å².